The van der Waals surface area contributed by atoms with Crippen molar-refractivity contribution in [2.45, 2.75) is 13.8 Å². The number of hydrogen-bond acceptors (Lipinski definition) is 4. The molecule has 2 aromatic rings. The van der Waals surface area contributed by atoms with E-state index in [0.29, 0.717) is 34.7 Å². The lowest BCUT2D eigenvalue weighted by atomic mass is 10.2. The van der Waals surface area contributed by atoms with Crippen LogP contribution in [0.15, 0.2) is 48.5 Å². The summed E-state index contributed by atoms with van der Waals surface area (Å²) in [5.74, 6) is 1.33. The van der Waals surface area contributed by atoms with E-state index in [9.17, 15) is 4.79 Å². The maximum atomic E-state index is 12.1. The number of nitriles is 1. The van der Waals surface area contributed by atoms with Crippen molar-refractivity contribution in [1.82, 2.24) is 0 Å². The van der Waals surface area contributed by atoms with Crippen LogP contribution in [0.25, 0.3) is 6.08 Å². The normalized spacial score (nSPS) is 10.6. The first kappa shape index (κ1) is 20.3. The number of nitrogens with zero attached hydrogens (tertiary/aromatic N) is 1. The van der Waals surface area contributed by atoms with Gasteiger partial charge >= 0.3 is 0 Å². The van der Waals surface area contributed by atoms with Gasteiger partial charge in [0, 0.05) is 11.8 Å². The number of amides is 1. The molecule has 0 bridgehead atoms. The van der Waals surface area contributed by atoms with E-state index in [1.165, 1.54) is 6.08 Å². The van der Waals surface area contributed by atoms with Crippen molar-refractivity contribution in [3.63, 3.8) is 0 Å². The van der Waals surface area contributed by atoms with Crippen molar-refractivity contribution in [2.75, 3.05) is 18.5 Å². The zero-order valence-corrected chi connectivity index (χ0v) is 16.0. The van der Waals surface area contributed by atoms with E-state index < -0.39 is 0 Å². The summed E-state index contributed by atoms with van der Waals surface area (Å²) in [5.41, 5.74) is 1.43. The number of rotatable bonds is 8. The molecule has 0 saturated heterocycles. The van der Waals surface area contributed by atoms with Crippen LogP contribution in [-0.2, 0) is 4.79 Å². The van der Waals surface area contributed by atoms with E-state index in [1.807, 2.05) is 6.07 Å². The number of carbonyl (C=O) groups is 1. The Bertz CT molecular complexity index is 839. The van der Waals surface area contributed by atoms with Crippen molar-refractivity contribution in [3.05, 3.63) is 59.1 Å². The summed E-state index contributed by atoms with van der Waals surface area (Å²) in [6.07, 6.45) is 3.12. The minimum absolute atomic E-state index is 0.00144. The molecule has 0 aliphatic heterocycles. The monoisotopic (exact) mass is 384 g/mol. The number of carbonyl (C=O) groups excluding carboxylic acids is 1. The van der Waals surface area contributed by atoms with Crippen LogP contribution in [0.2, 0.25) is 5.02 Å². The highest BCUT2D eigenvalue weighted by atomic mass is 35.5. The van der Waals surface area contributed by atoms with Crippen LogP contribution in [0.1, 0.15) is 19.4 Å². The molecule has 27 heavy (non-hydrogen) atoms. The predicted molar refractivity (Wildman–Crippen MR) is 107 cm³/mol. The van der Waals surface area contributed by atoms with Gasteiger partial charge in [0.15, 0.2) is 6.61 Å². The topological polar surface area (TPSA) is 71.3 Å². The second kappa shape index (κ2) is 10.2. The first-order valence-electron chi connectivity index (χ1n) is 8.49. The molecule has 0 spiro atoms. The van der Waals surface area contributed by atoms with Crippen LogP contribution < -0.4 is 14.8 Å². The van der Waals surface area contributed by atoms with E-state index in [2.05, 4.69) is 19.2 Å². The van der Waals surface area contributed by atoms with Crippen LogP contribution in [0.4, 0.5) is 5.69 Å². The Morgan fingerprint density at radius 3 is 2.59 bits per heavy atom. The van der Waals surface area contributed by atoms with E-state index in [1.54, 1.807) is 48.5 Å². The lowest BCUT2D eigenvalue weighted by molar-refractivity contribution is -0.111. The van der Waals surface area contributed by atoms with Gasteiger partial charge in [0.2, 0.25) is 5.91 Å². The molecule has 0 aromatic heterocycles. The molecule has 0 saturated carbocycles. The number of halogens is 1. The Balaban J connectivity index is 1.92. The van der Waals surface area contributed by atoms with Crippen LogP contribution >= 0.6 is 11.6 Å². The molecule has 0 heterocycles. The minimum atomic E-state index is -0.272. The van der Waals surface area contributed by atoms with Crippen molar-refractivity contribution >= 4 is 29.3 Å². The van der Waals surface area contributed by atoms with E-state index >= 15 is 0 Å². The smallest absolute Gasteiger partial charge is 0.248 e. The molecule has 0 radical (unpaired) electrons. The molecule has 1 N–H and O–H groups in total. The van der Waals surface area contributed by atoms with E-state index in [0.717, 1.165) is 5.56 Å². The van der Waals surface area contributed by atoms with Crippen LogP contribution in [0, 0.1) is 17.2 Å². The van der Waals surface area contributed by atoms with Gasteiger partial charge in [-0.3, -0.25) is 4.79 Å². The summed E-state index contributed by atoms with van der Waals surface area (Å²) in [4.78, 5) is 12.1. The average molecular weight is 385 g/mol. The maximum absolute atomic E-state index is 12.1. The molecule has 5 nitrogen and oxygen atoms in total. The quantitative estimate of drug-likeness (QED) is 0.655. The van der Waals surface area contributed by atoms with Crippen LogP contribution in [0.5, 0.6) is 11.5 Å². The molecule has 0 unspecified atom stereocenters. The third kappa shape index (κ3) is 7.04. The molecule has 2 rings (SSSR count). The summed E-state index contributed by atoms with van der Waals surface area (Å²) in [7, 11) is 0. The van der Waals surface area contributed by atoms with Gasteiger partial charge in [-0.05, 0) is 47.9 Å². The zero-order chi connectivity index (χ0) is 19.6. The van der Waals surface area contributed by atoms with Gasteiger partial charge in [0.05, 0.1) is 11.6 Å². The van der Waals surface area contributed by atoms with Gasteiger partial charge in [-0.25, -0.2) is 0 Å². The number of benzene rings is 2. The van der Waals surface area contributed by atoms with E-state index in [4.69, 9.17) is 26.3 Å². The Hall–Kier alpha value is -2.97. The Kier molecular flexibility index (Phi) is 7.72. The minimum Gasteiger partial charge on any atom is -0.492 e. The number of nitrogens with one attached hydrogen (secondary N) is 1. The van der Waals surface area contributed by atoms with Gasteiger partial charge in [-0.1, -0.05) is 37.6 Å². The summed E-state index contributed by atoms with van der Waals surface area (Å²) in [6.45, 7) is 4.69. The van der Waals surface area contributed by atoms with Crippen LogP contribution in [-0.4, -0.2) is 19.1 Å². The first-order valence-corrected chi connectivity index (χ1v) is 8.87. The lowest BCUT2D eigenvalue weighted by Crippen LogP contribution is -2.08. The molecule has 0 aliphatic carbocycles. The lowest BCUT2D eigenvalue weighted by Gasteiger charge is -2.11. The number of hydrogen-bond donors (Lipinski definition) is 1. The molecular formula is C21H21ClN2O3. The fourth-order valence-electron chi connectivity index (χ4n) is 2.10. The third-order valence-corrected chi connectivity index (χ3v) is 3.68. The molecule has 6 heteroatoms. The molecule has 0 aliphatic rings. The number of ether oxygens (including phenoxy) is 2. The molecule has 140 valence electrons. The standard InChI is InChI=1S/C21H21ClN2O3/c1-15(2)14-27-20-9-6-17(13-19(20)22)24-21(25)10-5-16-3-7-18(8-4-16)26-12-11-23/h3-10,13,15H,12,14H2,1-2H3,(H,24,25)/b10-5+. The van der Waals surface area contributed by atoms with Crippen molar-refractivity contribution in [3.8, 4) is 17.6 Å². The molecule has 2 aromatic carbocycles. The second-order valence-electron chi connectivity index (χ2n) is 6.19. The Labute approximate surface area is 164 Å². The van der Waals surface area contributed by atoms with Gasteiger partial charge in [-0.2, -0.15) is 5.26 Å². The fraction of sp³-hybridized carbons (Fsp3) is 0.238. The number of anilines is 1. The van der Waals surface area contributed by atoms with Crippen molar-refractivity contribution in [1.29, 1.82) is 5.26 Å². The second-order valence-corrected chi connectivity index (χ2v) is 6.60. The summed E-state index contributed by atoms with van der Waals surface area (Å²) in [5, 5.41) is 11.7. The molecule has 1 amide bonds. The van der Waals surface area contributed by atoms with Gasteiger partial charge < -0.3 is 14.8 Å². The first-order chi connectivity index (χ1) is 13.0. The zero-order valence-electron chi connectivity index (χ0n) is 15.2. The Morgan fingerprint density at radius 2 is 1.96 bits per heavy atom. The highest BCUT2D eigenvalue weighted by Gasteiger charge is 2.06. The SMILES string of the molecule is CC(C)COc1ccc(NC(=O)/C=C/c2ccc(OCC#N)cc2)cc1Cl. The highest BCUT2D eigenvalue weighted by Crippen LogP contribution is 2.28. The summed E-state index contributed by atoms with van der Waals surface area (Å²) in [6, 6.07) is 14.1. The van der Waals surface area contributed by atoms with Gasteiger partial charge in [0.25, 0.3) is 0 Å². The molecular weight excluding hydrogens is 364 g/mol. The molecule has 0 fully saturated rings. The summed E-state index contributed by atoms with van der Waals surface area (Å²) >= 11 is 6.19. The summed E-state index contributed by atoms with van der Waals surface area (Å²) < 4.78 is 10.8. The average Bonchev–Trinajstić information content (AvgIpc) is 2.64. The third-order valence-electron chi connectivity index (χ3n) is 3.38. The van der Waals surface area contributed by atoms with Gasteiger partial charge in [0.1, 0.15) is 17.6 Å². The predicted octanol–water partition coefficient (Wildman–Crippen LogP) is 4.93. The maximum Gasteiger partial charge on any atom is 0.248 e. The Morgan fingerprint density at radius 1 is 1.22 bits per heavy atom. The van der Waals surface area contributed by atoms with Crippen LogP contribution in [0.3, 0.4) is 0 Å². The molecule has 0 atom stereocenters. The van der Waals surface area contributed by atoms with Crippen molar-refractivity contribution in [2.24, 2.45) is 5.92 Å². The van der Waals surface area contributed by atoms with Crippen molar-refractivity contribution < 1.29 is 14.3 Å². The largest absolute Gasteiger partial charge is 0.492 e. The van der Waals surface area contributed by atoms with E-state index in [-0.39, 0.29) is 12.5 Å². The fourth-order valence-corrected chi connectivity index (χ4v) is 2.33. The van der Waals surface area contributed by atoms with Gasteiger partial charge in [-0.15, -0.1) is 0 Å². The highest BCUT2D eigenvalue weighted by molar-refractivity contribution is 6.32.